The Hall–Kier alpha value is -1.49. The van der Waals surface area contributed by atoms with Crippen LogP contribution in [0.1, 0.15) is 24.8 Å². The van der Waals surface area contributed by atoms with E-state index >= 15 is 0 Å². The maximum Gasteiger partial charge on any atom is 0.315 e. The first-order valence-corrected chi connectivity index (χ1v) is 7.93. The smallest absolute Gasteiger partial charge is 0.315 e. The third-order valence-electron chi connectivity index (χ3n) is 3.50. The Balaban J connectivity index is 1.71. The average molecular weight is 292 g/mol. The van der Waals surface area contributed by atoms with Crippen LogP contribution in [0, 0.1) is 0 Å². The van der Waals surface area contributed by atoms with Crippen LogP contribution in [0.3, 0.4) is 0 Å². The van der Waals surface area contributed by atoms with Gasteiger partial charge in [-0.2, -0.15) is 0 Å². The first-order valence-electron chi connectivity index (χ1n) is 6.95. The van der Waals surface area contributed by atoms with Gasteiger partial charge in [0, 0.05) is 12.3 Å². The summed E-state index contributed by atoms with van der Waals surface area (Å²) in [5, 5.41) is 0.0781. The molecule has 0 radical (unpaired) electrons. The highest BCUT2D eigenvalue weighted by Crippen LogP contribution is 2.22. The molecule has 4 nitrogen and oxygen atoms in total. The van der Waals surface area contributed by atoms with Gasteiger partial charge in [-0.1, -0.05) is 42.1 Å². The number of hydrogen-bond acceptors (Lipinski definition) is 3. The molecule has 1 heterocycles. The second kappa shape index (κ2) is 7.33. The third-order valence-corrected chi connectivity index (χ3v) is 4.55. The lowest BCUT2D eigenvalue weighted by atomic mass is 10.1. The molecule has 1 atom stereocenters. The van der Waals surface area contributed by atoms with Crippen LogP contribution in [0.15, 0.2) is 30.3 Å². The molecule has 1 aromatic carbocycles. The number of carbonyl (C=O) groups excluding carboxylic acids is 2. The van der Waals surface area contributed by atoms with Crippen molar-refractivity contribution < 1.29 is 9.59 Å². The standard InChI is InChI=1S/C15H20N2O2S/c16-15(19)17-10-4-9-13(17)14(18)20-11-5-8-12-6-2-1-3-7-12/h1-3,6-7,13H,4-5,8-11H2,(H2,16,19). The van der Waals surface area contributed by atoms with Crippen LogP contribution in [-0.2, 0) is 11.2 Å². The summed E-state index contributed by atoms with van der Waals surface area (Å²) in [6.45, 7) is 0.607. The SMILES string of the molecule is NC(=O)N1CCCC1C(=O)SCCCc1ccccc1. The number of amides is 2. The van der Waals surface area contributed by atoms with E-state index in [0.717, 1.165) is 31.4 Å². The van der Waals surface area contributed by atoms with Gasteiger partial charge in [-0.05, 0) is 31.2 Å². The summed E-state index contributed by atoms with van der Waals surface area (Å²) in [5.74, 6) is 0.789. The minimum Gasteiger partial charge on any atom is -0.351 e. The summed E-state index contributed by atoms with van der Waals surface area (Å²) in [7, 11) is 0. The quantitative estimate of drug-likeness (QED) is 0.848. The molecule has 0 bridgehead atoms. The summed E-state index contributed by atoms with van der Waals surface area (Å²) < 4.78 is 0. The molecule has 1 aliphatic heterocycles. The number of aryl methyl sites for hydroxylation is 1. The van der Waals surface area contributed by atoms with E-state index in [-0.39, 0.29) is 11.2 Å². The lowest BCUT2D eigenvalue weighted by Gasteiger charge is -2.20. The molecule has 0 saturated carbocycles. The number of nitrogens with two attached hydrogens (primary N) is 1. The van der Waals surface area contributed by atoms with Gasteiger partial charge < -0.3 is 10.6 Å². The fourth-order valence-electron chi connectivity index (χ4n) is 2.47. The van der Waals surface area contributed by atoms with Crippen LogP contribution in [-0.4, -0.2) is 34.4 Å². The molecule has 1 saturated heterocycles. The zero-order valence-corrected chi connectivity index (χ0v) is 12.3. The molecular formula is C15H20N2O2S. The molecular weight excluding hydrogens is 272 g/mol. The zero-order chi connectivity index (χ0) is 14.4. The highest BCUT2D eigenvalue weighted by Gasteiger charge is 2.32. The Morgan fingerprint density at radius 3 is 2.75 bits per heavy atom. The van der Waals surface area contributed by atoms with Gasteiger partial charge in [0.1, 0.15) is 6.04 Å². The van der Waals surface area contributed by atoms with Crippen molar-refractivity contribution in [1.29, 1.82) is 0 Å². The number of rotatable bonds is 5. The highest BCUT2D eigenvalue weighted by molar-refractivity contribution is 8.13. The van der Waals surface area contributed by atoms with Crippen LogP contribution < -0.4 is 5.73 Å². The van der Waals surface area contributed by atoms with Crippen molar-refractivity contribution in [1.82, 2.24) is 4.90 Å². The molecule has 1 unspecified atom stereocenters. The predicted octanol–water partition coefficient (Wildman–Crippen LogP) is 2.42. The Morgan fingerprint density at radius 1 is 1.30 bits per heavy atom. The van der Waals surface area contributed by atoms with Crippen LogP contribution in [0.4, 0.5) is 4.79 Å². The minimum absolute atomic E-state index is 0.0781. The van der Waals surface area contributed by atoms with E-state index in [9.17, 15) is 9.59 Å². The third kappa shape index (κ3) is 4.00. The zero-order valence-electron chi connectivity index (χ0n) is 11.5. The monoisotopic (exact) mass is 292 g/mol. The van der Waals surface area contributed by atoms with Gasteiger partial charge in [0.05, 0.1) is 0 Å². The molecule has 5 heteroatoms. The number of likely N-dealkylation sites (tertiary alicyclic amines) is 1. The van der Waals surface area contributed by atoms with Gasteiger partial charge in [-0.3, -0.25) is 4.79 Å². The van der Waals surface area contributed by atoms with Crippen molar-refractivity contribution in [2.24, 2.45) is 5.73 Å². The van der Waals surface area contributed by atoms with Gasteiger partial charge >= 0.3 is 6.03 Å². The Bertz CT molecular complexity index is 464. The summed E-state index contributed by atoms with van der Waals surface area (Å²) in [6, 6.07) is 9.45. The fraction of sp³-hybridized carbons (Fsp3) is 0.467. The molecule has 2 rings (SSSR count). The number of carbonyl (C=O) groups is 2. The van der Waals surface area contributed by atoms with Crippen molar-refractivity contribution in [2.45, 2.75) is 31.7 Å². The molecule has 1 aliphatic rings. The molecule has 0 aliphatic carbocycles. The summed E-state index contributed by atoms with van der Waals surface area (Å²) in [5.41, 5.74) is 6.57. The topological polar surface area (TPSA) is 63.4 Å². The van der Waals surface area contributed by atoms with E-state index in [1.54, 1.807) is 0 Å². The van der Waals surface area contributed by atoms with Gasteiger partial charge in [0.25, 0.3) is 0 Å². The number of urea groups is 1. The molecule has 1 fully saturated rings. The van der Waals surface area contributed by atoms with Gasteiger partial charge in [0.2, 0.25) is 5.12 Å². The fourth-order valence-corrected chi connectivity index (χ4v) is 3.39. The molecule has 20 heavy (non-hydrogen) atoms. The van der Waals surface area contributed by atoms with Crippen molar-refractivity contribution >= 4 is 22.9 Å². The molecule has 108 valence electrons. The number of benzene rings is 1. The van der Waals surface area contributed by atoms with Crippen LogP contribution in [0.25, 0.3) is 0 Å². The number of thioether (sulfide) groups is 1. The molecule has 0 spiro atoms. The van der Waals surface area contributed by atoms with E-state index < -0.39 is 6.03 Å². The van der Waals surface area contributed by atoms with Crippen molar-refractivity contribution in [3.05, 3.63) is 35.9 Å². The summed E-state index contributed by atoms with van der Waals surface area (Å²) >= 11 is 1.33. The number of primary amides is 1. The van der Waals surface area contributed by atoms with Crippen LogP contribution >= 0.6 is 11.8 Å². The Morgan fingerprint density at radius 2 is 2.05 bits per heavy atom. The van der Waals surface area contributed by atoms with Crippen molar-refractivity contribution in [3.8, 4) is 0 Å². The number of nitrogens with zero attached hydrogens (tertiary/aromatic N) is 1. The van der Waals surface area contributed by atoms with E-state index in [1.807, 2.05) is 18.2 Å². The normalized spacial score (nSPS) is 18.2. The van der Waals surface area contributed by atoms with Crippen molar-refractivity contribution in [2.75, 3.05) is 12.3 Å². The minimum atomic E-state index is -0.481. The molecule has 0 aromatic heterocycles. The predicted molar refractivity (Wildman–Crippen MR) is 81.5 cm³/mol. The van der Waals surface area contributed by atoms with Crippen LogP contribution in [0.2, 0.25) is 0 Å². The summed E-state index contributed by atoms with van der Waals surface area (Å²) in [6.07, 6.45) is 3.55. The van der Waals surface area contributed by atoms with Crippen molar-refractivity contribution in [3.63, 3.8) is 0 Å². The van der Waals surface area contributed by atoms with E-state index in [1.165, 1.54) is 22.2 Å². The molecule has 1 aromatic rings. The Kier molecular flexibility index (Phi) is 5.47. The van der Waals surface area contributed by atoms with Gasteiger partial charge in [0.15, 0.2) is 0 Å². The van der Waals surface area contributed by atoms with E-state index in [0.29, 0.717) is 6.54 Å². The summed E-state index contributed by atoms with van der Waals surface area (Å²) in [4.78, 5) is 24.8. The lowest BCUT2D eigenvalue weighted by Crippen LogP contribution is -2.42. The number of hydrogen-bond donors (Lipinski definition) is 1. The Labute approximate surface area is 123 Å². The maximum atomic E-state index is 12.1. The first kappa shape index (κ1) is 14.9. The van der Waals surface area contributed by atoms with E-state index in [4.69, 9.17) is 5.73 Å². The van der Waals surface area contributed by atoms with Gasteiger partial charge in [-0.15, -0.1) is 0 Å². The van der Waals surface area contributed by atoms with Gasteiger partial charge in [-0.25, -0.2) is 4.79 Å². The molecule has 2 amide bonds. The second-order valence-electron chi connectivity index (χ2n) is 4.95. The highest BCUT2D eigenvalue weighted by atomic mass is 32.2. The van der Waals surface area contributed by atoms with Crippen LogP contribution in [0.5, 0.6) is 0 Å². The second-order valence-corrected chi connectivity index (χ2v) is 6.05. The maximum absolute atomic E-state index is 12.1. The molecule has 2 N–H and O–H groups in total. The lowest BCUT2D eigenvalue weighted by molar-refractivity contribution is -0.114. The largest absolute Gasteiger partial charge is 0.351 e. The average Bonchev–Trinajstić information content (AvgIpc) is 2.94. The first-order chi connectivity index (χ1) is 9.68. The van der Waals surface area contributed by atoms with E-state index in [2.05, 4.69) is 12.1 Å².